The highest BCUT2D eigenvalue weighted by Crippen LogP contribution is 2.19. The van der Waals surface area contributed by atoms with Crippen LogP contribution in [0.25, 0.3) is 10.9 Å². The maximum absolute atomic E-state index is 13.9. The van der Waals surface area contributed by atoms with Gasteiger partial charge in [-0.1, -0.05) is 78.9 Å². The van der Waals surface area contributed by atoms with Crippen molar-refractivity contribution in [2.45, 2.75) is 56.3 Å². The van der Waals surface area contributed by atoms with Gasteiger partial charge in [0.15, 0.2) is 5.96 Å². The van der Waals surface area contributed by atoms with E-state index >= 15 is 0 Å². The van der Waals surface area contributed by atoms with E-state index in [0.29, 0.717) is 11.1 Å². The summed E-state index contributed by atoms with van der Waals surface area (Å²) in [6.45, 7) is -0.308. The number of aromatic amines is 1. The number of carbonyl (C=O) groups is 5. The van der Waals surface area contributed by atoms with Crippen molar-refractivity contribution in [3.05, 3.63) is 108 Å². The molecule has 0 aliphatic rings. The molecule has 4 rings (SSSR count). The summed E-state index contributed by atoms with van der Waals surface area (Å²) in [5.41, 5.74) is 20.0. The Hall–Kier alpha value is -6.22. The number of carboxylic acids is 1. The number of H-pyrrole nitrogens is 1. The van der Waals surface area contributed by atoms with E-state index < -0.39 is 60.3 Å². The number of nitrogens with zero attached hydrogens (tertiary/aromatic N) is 1. The van der Waals surface area contributed by atoms with Crippen molar-refractivity contribution >= 4 is 46.5 Å². The molecule has 4 amide bonds. The zero-order valence-corrected chi connectivity index (χ0v) is 28.6. The van der Waals surface area contributed by atoms with Crippen LogP contribution in [0.15, 0.2) is 96.1 Å². The fourth-order valence-electron chi connectivity index (χ4n) is 5.60. The topological polar surface area (TPSA) is 260 Å². The van der Waals surface area contributed by atoms with Crippen molar-refractivity contribution in [3.8, 4) is 0 Å². The Morgan fingerprint density at radius 1 is 0.712 bits per heavy atom. The number of aliphatic carboxylic acids is 1. The zero-order valence-electron chi connectivity index (χ0n) is 28.6. The molecule has 1 aromatic heterocycles. The van der Waals surface area contributed by atoms with Gasteiger partial charge in [-0.15, -0.1) is 0 Å². The van der Waals surface area contributed by atoms with Gasteiger partial charge in [0.1, 0.15) is 18.1 Å². The fraction of sp³-hybridized carbons (Fsp3) is 0.297. The molecule has 0 aliphatic heterocycles. The molecule has 4 aromatic rings. The second kappa shape index (κ2) is 19.2. The second-order valence-corrected chi connectivity index (χ2v) is 12.3. The second-order valence-electron chi connectivity index (χ2n) is 12.3. The normalized spacial score (nSPS) is 13.2. The van der Waals surface area contributed by atoms with Gasteiger partial charge >= 0.3 is 5.97 Å². The summed E-state index contributed by atoms with van der Waals surface area (Å²) in [6.07, 6.45) is 2.34. The van der Waals surface area contributed by atoms with E-state index in [-0.39, 0.29) is 44.6 Å². The number of carbonyl (C=O) groups excluding carboxylic acids is 4. The van der Waals surface area contributed by atoms with Gasteiger partial charge in [-0.2, -0.15) is 0 Å². The van der Waals surface area contributed by atoms with E-state index in [1.165, 1.54) is 0 Å². The first-order valence-corrected chi connectivity index (χ1v) is 16.8. The van der Waals surface area contributed by atoms with E-state index in [4.69, 9.17) is 17.2 Å². The maximum atomic E-state index is 13.9. The van der Waals surface area contributed by atoms with Gasteiger partial charge in [-0.05, 0) is 42.0 Å². The van der Waals surface area contributed by atoms with Crippen molar-refractivity contribution in [2.75, 3.05) is 13.1 Å². The SMILES string of the molecule is NC(N)=NCCC[C@H](NC(=O)[C@@H](Cc1c[nH]c2ccccc12)NC(=O)CNC(=O)[C@@H](N)Cc1ccccc1)C(=O)N[C@@H](Cc1ccccc1)C(=O)O. The number of para-hydroxylation sites is 1. The Balaban J connectivity index is 1.50. The lowest BCUT2D eigenvalue weighted by Gasteiger charge is -2.25. The standard InChI is InChI=1S/C37H45N9O6/c38-27(18-23-10-3-1-4-11-23)33(48)43-22-32(47)44-30(20-25-21-42-28-15-8-7-14-26(25)28)35(50)45-29(16-9-17-41-37(39)40)34(49)46-31(36(51)52)19-24-12-5-2-6-13-24/h1-8,10-15,21,27,29-31,42H,9,16-20,22,38H2,(H,43,48)(H,44,47)(H,45,50)(H,46,49)(H,51,52)(H4,39,40,41)/t27-,29-,30+,31-/m0/s1. The van der Waals surface area contributed by atoms with Crippen LogP contribution in [-0.2, 0) is 43.2 Å². The molecule has 0 spiro atoms. The van der Waals surface area contributed by atoms with E-state index in [1.807, 2.05) is 54.6 Å². The number of amides is 4. The molecule has 15 heteroatoms. The number of aromatic nitrogens is 1. The molecule has 4 atom stereocenters. The van der Waals surface area contributed by atoms with Crippen LogP contribution >= 0.6 is 0 Å². The third-order valence-corrected chi connectivity index (χ3v) is 8.28. The van der Waals surface area contributed by atoms with Crippen molar-refractivity contribution in [3.63, 3.8) is 0 Å². The molecular weight excluding hydrogens is 666 g/mol. The number of hydrogen-bond donors (Lipinski definition) is 9. The highest BCUT2D eigenvalue weighted by Gasteiger charge is 2.30. The van der Waals surface area contributed by atoms with Crippen LogP contribution in [0.1, 0.15) is 29.5 Å². The highest BCUT2D eigenvalue weighted by molar-refractivity contribution is 5.95. The number of fused-ring (bicyclic) bond motifs is 1. The Morgan fingerprint density at radius 3 is 1.96 bits per heavy atom. The third kappa shape index (κ3) is 12.0. The molecule has 0 fully saturated rings. The summed E-state index contributed by atoms with van der Waals surface area (Å²) in [4.78, 5) is 72.7. The lowest BCUT2D eigenvalue weighted by molar-refractivity contribution is -0.142. The zero-order chi connectivity index (χ0) is 37.5. The molecule has 15 nitrogen and oxygen atoms in total. The lowest BCUT2D eigenvalue weighted by atomic mass is 10.0. The van der Waals surface area contributed by atoms with Crippen LogP contribution in [0, 0.1) is 0 Å². The van der Waals surface area contributed by atoms with Gasteiger partial charge in [0.25, 0.3) is 0 Å². The van der Waals surface area contributed by atoms with Gasteiger partial charge < -0.3 is 48.6 Å². The quantitative estimate of drug-likeness (QED) is 0.0366. The number of aliphatic imine (C=N–C) groups is 1. The van der Waals surface area contributed by atoms with Crippen LogP contribution in [0.4, 0.5) is 0 Å². The van der Waals surface area contributed by atoms with E-state index in [2.05, 4.69) is 31.2 Å². The van der Waals surface area contributed by atoms with Crippen LogP contribution in [0.3, 0.4) is 0 Å². The average molecular weight is 712 g/mol. The van der Waals surface area contributed by atoms with Gasteiger partial charge in [0, 0.05) is 36.5 Å². The summed E-state index contributed by atoms with van der Waals surface area (Å²) in [5, 5.41) is 21.2. The highest BCUT2D eigenvalue weighted by atomic mass is 16.4. The van der Waals surface area contributed by atoms with E-state index in [1.54, 1.807) is 36.5 Å². The molecule has 1 heterocycles. The molecule has 0 bridgehead atoms. The van der Waals surface area contributed by atoms with Crippen molar-refractivity contribution in [2.24, 2.45) is 22.2 Å². The number of carboxylic acid groups (broad SMARTS) is 1. The summed E-state index contributed by atoms with van der Waals surface area (Å²) in [5.74, 6) is -4.05. The summed E-state index contributed by atoms with van der Waals surface area (Å²) >= 11 is 0. The number of benzene rings is 3. The molecule has 12 N–H and O–H groups in total. The molecule has 0 unspecified atom stereocenters. The molecule has 0 saturated heterocycles. The predicted octanol–water partition coefficient (Wildman–Crippen LogP) is 0.232. The lowest BCUT2D eigenvalue weighted by Crippen LogP contribution is -2.57. The molecule has 0 aliphatic carbocycles. The fourth-order valence-corrected chi connectivity index (χ4v) is 5.60. The van der Waals surface area contributed by atoms with Crippen molar-refractivity contribution in [1.29, 1.82) is 0 Å². The minimum Gasteiger partial charge on any atom is -0.480 e. The minimum atomic E-state index is -1.29. The van der Waals surface area contributed by atoms with E-state index in [0.717, 1.165) is 16.5 Å². The maximum Gasteiger partial charge on any atom is 0.326 e. The number of rotatable bonds is 19. The first-order valence-electron chi connectivity index (χ1n) is 16.8. The number of nitrogens with two attached hydrogens (primary N) is 3. The van der Waals surface area contributed by atoms with E-state index in [9.17, 15) is 29.1 Å². The Bertz CT molecular complexity index is 1840. The number of nitrogens with one attached hydrogen (secondary N) is 5. The third-order valence-electron chi connectivity index (χ3n) is 8.28. The van der Waals surface area contributed by atoms with Crippen LogP contribution in [0.5, 0.6) is 0 Å². The van der Waals surface area contributed by atoms with Gasteiger partial charge in [-0.25, -0.2) is 4.79 Å². The van der Waals surface area contributed by atoms with Gasteiger partial charge in [0.2, 0.25) is 23.6 Å². The monoisotopic (exact) mass is 711 g/mol. The molecule has 0 saturated carbocycles. The number of hydrogen-bond acceptors (Lipinski definition) is 7. The summed E-state index contributed by atoms with van der Waals surface area (Å²) in [6, 6.07) is 20.8. The Morgan fingerprint density at radius 2 is 1.31 bits per heavy atom. The summed E-state index contributed by atoms with van der Waals surface area (Å²) < 4.78 is 0. The minimum absolute atomic E-state index is 0.0105. The van der Waals surface area contributed by atoms with Crippen molar-refractivity contribution in [1.82, 2.24) is 26.3 Å². The molecule has 274 valence electrons. The molecule has 52 heavy (non-hydrogen) atoms. The summed E-state index contributed by atoms with van der Waals surface area (Å²) in [7, 11) is 0. The average Bonchev–Trinajstić information content (AvgIpc) is 3.54. The van der Waals surface area contributed by atoms with Crippen molar-refractivity contribution < 1.29 is 29.1 Å². The van der Waals surface area contributed by atoms with Crippen LogP contribution in [-0.4, -0.2) is 82.9 Å². The smallest absolute Gasteiger partial charge is 0.326 e. The molecule has 3 aromatic carbocycles. The molecule has 0 radical (unpaired) electrons. The van der Waals surface area contributed by atoms with Gasteiger partial charge in [-0.3, -0.25) is 24.2 Å². The van der Waals surface area contributed by atoms with Gasteiger partial charge in [0.05, 0.1) is 12.6 Å². The first kappa shape index (κ1) is 38.6. The number of guanidine groups is 1. The van der Waals surface area contributed by atoms with Crippen LogP contribution < -0.4 is 38.5 Å². The first-order chi connectivity index (χ1) is 25.0. The molecular formula is C37H45N9O6. The van der Waals surface area contributed by atoms with Crippen LogP contribution in [0.2, 0.25) is 0 Å². The Labute approximate surface area is 300 Å². The Kier molecular flexibility index (Phi) is 14.3. The predicted molar refractivity (Wildman–Crippen MR) is 197 cm³/mol. The largest absolute Gasteiger partial charge is 0.480 e.